The van der Waals surface area contributed by atoms with Gasteiger partial charge in [0.05, 0.1) is 19.3 Å². The highest BCUT2D eigenvalue weighted by Gasteiger charge is 2.18. The van der Waals surface area contributed by atoms with Gasteiger partial charge >= 0.3 is 0 Å². The molecular weight excluding hydrogens is 340 g/mol. The molecular formula is C19H25ClN2O3. The Hall–Kier alpha value is -2.14. The molecule has 5 nitrogen and oxygen atoms in total. The van der Waals surface area contributed by atoms with E-state index < -0.39 is 0 Å². The summed E-state index contributed by atoms with van der Waals surface area (Å²) in [5, 5.41) is 3.83. The van der Waals surface area contributed by atoms with E-state index in [0.29, 0.717) is 30.3 Å². The van der Waals surface area contributed by atoms with Crippen molar-refractivity contribution in [3.63, 3.8) is 0 Å². The standard InChI is InChI=1S/C19H25ClN2O3/c1-13(2)22(12-16-7-5-14(3)25-16)19(23)9-10-21-17-11-15(20)6-8-18(17)24-4/h5-8,11,13,21H,9-10,12H2,1-4H3. The van der Waals surface area contributed by atoms with Crippen LogP contribution in [0.25, 0.3) is 0 Å². The number of halogens is 1. The van der Waals surface area contributed by atoms with Gasteiger partial charge in [0, 0.05) is 24.0 Å². The van der Waals surface area contributed by atoms with E-state index in [0.717, 1.165) is 17.2 Å². The van der Waals surface area contributed by atoms with Crippen molar-refractivity contribution in [3.05, 3.63) is 46.9 Å². The smallest absolute Gasteiger partial charge is 0.224 e. The summed E-state index contributed by atoms with van der Waals surface area (Å²) in [6, 6.07) is 9.27. The fourth-order valence-electron chi connectivity index (χ4n) is 2.56. The van der Waals surface area contributed by atoms with Crippen LogP contribution in [-0.2, 0) is 11.3 Å². The van der Waals surface area contributed by atoms with Crippen LogP contribution in [0.2, 0.25) is 5.02 Å². The highest BCUT2D eigenvalue weighted by molar-refractivity contribution is 6.30. The monoisotopic (exact) mass is 364 g/mol. The molecule has 0 saturated heterocycles. The van der Waals surface area contributed by atoms with Gasteiger partial charge < -0.3 is 19.4 Å². The minimum atomic E-state index is 0.0672. The number of furan rings is 1. The Kier molecular flexibility index (Phi) is 6.76. The Labute approximate surface area is 153 Å². The van der Waals surface area contributed by atoms with Crippen LogP contribution in [0.4, 0.5) is 5.69 Å². The summed E-state index contributed by atoms with van der Waals surface area (Å²) in [6.07, 6.45) is 0.369. The SMILES string of the molecule is COc1ccc(Cl)cc1NCCC(=O)N(Cc1ccc(C)o1)C(C)C. The van der Waals surface area contributed by atoms with Gasteiger partial charge in [0.25, 0.3) is 0 Å². The lowest BCUT2D eigenvalue weighted by Gasteiger charge is -2.26. The molecule has 25 heavy (non-hydrogen) atoms. The van der Waals surface area contributed by atoms with Gasteiger partial charge in [-0.2, -0.15) is 0 Å². The average molecular weight is 365 g/mol. The van der Waals surface area contributed by atoms with E-state index in [2.05, 4.69) is 5.32 Å². The minimum absolute atomic E-state index is 0.0672. The first-order chi connectivity index (χ1) is 11.9. The second-order valence-electron chi connectivity index (χ2n) is 6.15. The van der Waals surface area contributed by atoms with Crippen LogP contribution in [0.3, 0.4) is 0 Å². The summed E-state index contributed by atoms with van der Waals surface area (Å²) >= 11 is 6.02. The van der Waals surface area contributed by atoms with Crippen LogP contribution >= 0.6 is 11.6 Å². The van der Waals surface area contributed by atoms with Crippen molar-refractivity contribution >= 4 is 23.2 Å². The second-order valence-corrected chi connectivity index (χ2v) is 6.59. The highest BCUT2D eigenvalue weighted by Crippen LogP contribution is 2.27. The van der Waals surface area contributed by atoms with E-state index in [1.807, 2.05) is 37.8 Å². The molecule has 0 spiro atoms. The van der Waals surface area contributed by atoms with Crippen molar-refractivity contribution in [2.24, 2.45) is 0 Å². The van der Waals surface area contributed by atoms with Crippen LogP contribution < -0.4 is 10.1 Å². The molecule has 2 aromatic rings. The molecule has 0 aliphatic heterocycles. The fraction of sp³-hybridized carbons (Fsp3) is 0.421. The normalized spacial score (nSPS) is 10.8. The predicted molar refractivity (Wildman–Crippen MR) is 100 cm³/mol. The molecule has 0 fully saturated rings. The maximum absolute atomic E-state index is 12.6. The van der Waals surface area contributed by atoms with E-state index >= 15 is 0 Å². The molecule has 1 amide bonds. The molecule has 0 aliphatic rings. The van der Waals surface area contributed by atoms with E-state index in [4.69, 9.17) is 20.8 Å². The quantitative estimate of drug-likeness (QED) is 0.749. The third-order valence-electron chi connectivity index (χ3n) is 3.88. The van der Waals surface area contributed by atoms with Crippen LogP contribution in [0.5, 0.6) is 5.75 Å². The summed E-state index contributed by atoms with van der Waals surface area (Å²) in [6.45, 7) is 6.87. The van der Waals surface area contributed by atoms with Gasteiger partial charge in [0.1, 0.15) is 17.3 Å². The Morgan fingerprint density at radius 3 is 2.68 bits per heavy atom. The molecule has 2 rings (SSSR count). The lowest BCUT2D eigenvalue weighted by Crippen LogP contribution is -2.37. The number of aryl methyl sites for hydroxylation is 1. The van der Waals surface area contributed by atoms with Gasteiger partial charge in [-0.05, 0) is 51.1 Å². The van der Waals surface area contributed by atoms with Crippen LogP contribution in [-0.4, -0.2) is 30.5 Å². The maximum atomic E-state index is 12.6. The van der Waals surface area contributed by atoms with Crippen molar-refractivity contribution in [2.45, 2.75) is 39.8 Å². The molecule has 1 heterocycles. The molecule has 1 aromatic heterocycles. The zero-order chi connectivity index (χ0) is 18.4. The third-order valence-corrected chi connectivity index (χ3v) is 4.12. The summed E-state index contributed by atoms with van der Waals surface area (Å²) < 4.78 is 10.9. The van der Waals surface area contributed by atoms with Crippen LogP contribution in [0.15, 0.2) is 34.7 Å². The molecule has 136 valence electrons. The van der Waals surface area contributed by atoms with Gasteiger partial charge in [-0.15, -0.1) is 0 Å². The van der Waals surface area contributed by atoms with Crippen molar-refractivity contribution in [1.82, 2.24) is 4.90 Å². The number of amides is 1. The molecule has 0 aliphatic carbocycles. The second kappa shape index (κ2) is 8.81. The number of methoxy groups -OCH3 is 1. The number of nitrogens with zero attached hydrogens (tertiary/aromatic N) is 1. The average Bonchev–Trinajstić information content (AvgIpc) is 2.97. The number of benzene rings is 1. The first-order valence-electron chi connectivity index (χ1n) is 8.33. The Bertz CT molecular complexity index is 712. The lowest BCUT2D eigenvalue weighted by molar-refractivity contribution is -0.133. The van der Waals surface area contributed by atoms with E-state index in [-0.39, 0.29) is 11.9 Å². The minimum Gasteiger partial charge on any atom is -0.495 e. The Morgan fingerprint density at radius 1 is 1.32 bits per heavy atom. The number of nitrogens with one attached hydrogen (secondary N) is 1. The summed E-state index contributed by atoms with van der Waals surface area (Å²) in [7, 11) is 1.60. The number of anilines is 1. The molecule has 0 radical (unpaired) electrons. The van der Waals surface area contributed by atoms with Gasteiger partial charge in [0.2, 0.25) is 5.91 Å². The lowest BCUT2D eigenvalue weighted by atomic mass is 10.2. The summed E-state index contributed by atoms with van der Waals surface area (Å²) in [4.78, 5) is 14.4. The van der Waals surface area contributed by atoms with E-state index in [9.17, 15) is 4.79 Å². The molecule has 6 heteroatoms. The van der Waals surface area contributed by atoms with Crippen molar-refractivity contribution < 1.29 is 13.9 Å². The van der Waals surface area contributed by atoms with Crippen LogP contribution in [0, 0.1) is 6.92 Å². The first-order valence-corrected chi connectivity index (χ1v) is 8.70. The number of hydrogen-bond donors (Lipinski definition) is 1. The first kappa shape index (κ1) is 19.2. The van der Waals surface area contributed by atoms with Gasteiger partial charge in [-0.25, -0.2) is 0 Å². The van der Waals surface area contributed by atoms with Crippen molar-refractivity contribution in [1.29, 1.82) is 0 Å². The largest absolute Gasteiger partial charge is 0.495 e. The number of hydrogen-bond acceptors (Lipinski definition) is 4. The number of ether oxygens (including phenoxy) is 1. The molecule has 1 aromatic carbocycles. The molecule has 0 unspecified atom stereocenters. The molecule has 0 bridgehead atoms. The zero-order valence-electron chi connectivity index (χ0n) is 15.1. The number of rotatable bonds is 8. The van der Waals surface area contributed by atoms with Crippen molar-refractivity contribution in [2.75, 3.05) is 19.0 Å². The fourth-order valence-corrected chi connectivity index (χ4v) is 2.73. The molecule has 0 atom stereocenters. The topological polar surface area (TPSA) is 54.7 Å². The zero-order valence-corrected chi connectivity index (χ0v) is 15.9. The van der Waals surface area contributed by atoms with E-state index in [1.165, 1.54) is 0 Å². The third kappa shape index (κ3) is 5.43. The number of carbonyl (C=O) groups excluding carboxylic acids is 1. The highest BCUT2D eigenvalue weighted by atomic mass is 35.5. The molecule has 0 saturated carbocycles. The number of carbonyl (C=O) groups is 1. The maximum Gasteiger partial charge on any atom is 0.224 e. The van der Waals surface area contributed by atoms with Gasteiger partial charge in [-0.1, -0.05) is 11.6 Å². The molecule has 1 N–H and O–H groups in total. The van der Waals surface area contributed by atoms with Crippen LogP contribution in [0.1, 0.15) is 31.8 Å². The summed E-state index contributed by atoms with van der Waals surface area (Å²) in [5.74, 6) is 2.41. The van der Waals surface area contributed by atoms with Crippen molar-refractivity contribution in [3.8, 4) is 5.75 Å². The van der Waals surface area contributed by atoms with Gasteiger partial charge in [0.15, 0.2) is 0 Å². The van der Waals surface area contributed by atoms with E-state index in [1.54, 1.807) is 25.3 Å². The predicted octanol–water partition coefficient (Wildman–Crippen LogP) is 4.49. The van der Waals surface area contributed by atoms with Gasteiger partial charge in [-0.3, -0.25) is 4.79 Å². The summed E-state index contributed by atoms with van der Waals surface area (Å²) in [5.41, 5.74) is 0.778. The Balaban J connectivity index is 1.94. The Morgan fingerprint density at radius 2 is 2.08 bits per heavy atom.